The molecule has 0 saturated carbocycles. The number of nitrogens with one attached hydrogen (secondary N) is 1. The fourth-order valence-electron chi connectivity index (χ4n) is 3.34. The van der Waals surface area contributed by atoms with Crippen molar-refractivity contribution in [1.29, 1.82) is 0 Å². The van der Waals surface area contributed by atoms with Gasteiger partial charge in [0.2, 0.25) is 0 Å². The van der Waals surface area contributed by atoms with E-state index in [1.54, 1.807) is 18.3 Å². The van der Waals surface area contributed by atoms with Crippen molar-refractivity contribution in [2.75, 3.05) is 0 Å². The number of hydrogen-bond donors (Lipinski definition) is 2. The van der Waals surface area contributed by atoms with Gasteiger partial charge in [-0.15, -0.1) is 0 Å². The highest BCUT2D eigenvalue weighted by atomic mass is 19.4. The minimum atomic E-state index is -4.48. The van der Waals surface area contributed by atoms with E-state index in [-0.39, 0.29) is 28.5 Å². The lowest BCUT2D eigenvalue weighted by Gasteiger charge is -2.22. The van der Waals surface area contributed by atoms with E-state index in [2.05, 4.69) is 19.9 Å². The molecule has 0 fully saturated rings. The maximum Gasteiger partial charge on any atom is 0.431 e. The minimum absolute atomic E-state index is 0.0328. The molecule has 26 heavy (non-hydrogen) atoms. The number of aryl methyl sites for hydroxylation is 1. The van der Waals surface area contributed by atoms with Crippen LogP contribution in [0.3, 0.4) is 0 Å². The van der Waals surface area contributed by atoms with E-state index in [4.69, 9.17) is 0 Å². The van der Waals surface area contributed by atoms with Crippen LogP contribution >= 0.6 is 0 Å². The molecule has 1 aliphatic carbocycles. The van der Waals surface area contributed by atoms with Crippen LogP contribution in [0.15, 0.2) is 35.6 Å². The van der Waals surface area contributed by atoms with Gasteiger partial charge >= 0.3 is 6.18 Å². The number of aliphatic imine (C=N–C) groups is 1. The summed E-state index contributed by atoms with van der Waals surface area (Å²) < 4.78 is 38.7. The van der Waals surface area contributed by atoms with Crippen LogP contribution in [0.1, 0.15) is 35.6 Å². The van der Waals surface area contributed by atoms with E-state index in [0.717, 1.165) is 36.5 Å². The lowest BCUT2D eigenvalue weighted by Crippen LogP contribution is -2.10. The molecule has 1 unspecified atom stereocenters. The van der Waals surface area contributed by atoms with Gasteiger partial charge in [0.1, 0.15) is 23.4 Å². The summed E-state index contributed by atoms with van der Waals surface area (Å²) in [5, 5.41) is 9.86. The van der Waals surface area contributed by atoms with E-state index in [0.29, 0.717) is 0 Å². The van der Waals surface area contributed by atoms with Crippen molar-refractivity contribution in [2.45, 2.75) is 31.4 Å². The number of alkyl halides is 3. The Balaban J connectivity index is 1.69. The summed E-state index contributed by atoms with van der Waals surface area (Å²) >= 11 is 0. The van der Waals surface area contributed by atoms with Crippen molar-refractivity contribution in [2.24, 2.45) is 4.99 Å². The molecule has 8 heteroatoms. The Bertz CT molecular complexity index is 994. The summed E-state index contributed by atoms with van der Waals surface area (Å²) in [4.78, 5) is 14.5. The Morgan fingerprint density at radius 3 is 2.88 bits per heavy atom. The van der Waals surface area contributed by atoms with Crippen LogP contribution in [0.25, 0.3) is 11.0 Å². The Labute approximate surface area is 146 Å². The second-order valence-corrected chi connectivity index (χ2v) is 6.30. The van der Waals surface area contributed by atoms with Gasteiger partial charge in [-0.1, -0.05) is 6.07 Å². The number of halogens is 3. The summed E-state index contributed by atoms with van der Waals surface area (Å²) in [6.07, 6.45) is 1.16. The fourth-order valence-corrected chi connectivity index (χ4v) is 3.34. The number of aromatic nitrogens is 3. The van der Waals surface area contributed by atoms with Crippen LogP contribution in [0.2, 0.25) is 0 Å². The second-order valence-electron chi connectivity index (χ2n) is 6.30. The Morgan fingerprint density at radius 2 is 2.08 bits per heavy atom. The van der Waals surface area contributed by atoms with Gasteiger partial charge in [-0.25, -0.2) is 15.0 Å². The number of aromatic hydroxyl groups is 1. The van der Waals surface area contributed by atoms with Gasteiger partial charge in [0, 0.05) is 12.1 Å². The normalized spacial score (nSPS) is 17.7. The molecule has 0 bridgehead atoms. The van der Waals surface area contributed by atoms with E-state index in [1.807, 2.05) is 6.07 Å². The van der Waals surface area contributed by atoms with E-state index in [9.17, 15) is 18.3 Å². The number of nitrogens with zero attached hydrogens (tertiary/aromatic N) is 3. The first-order chi connectivity index (χ1) is 12.4. The molecule has 0 spiro atoms. The molecular weight excluding hydrogens is 345 g/mol. The Hall–Kier alpha value is -2.90. The molecule has 4 rings (SSSR count). The smallest absolute Gasteiger partial charge is 0.431 e. The molecule has 1 atom stereocenters. The van der Waals surface area contributed by atoms with Crippen molar-refractivity contribution in [3.63, 3.8) is 0 Å². The molecular formula is C18H15F3N4O. The third-order valence-electron chi connectivity index (χ3n) is 4.57. The molecule has 3 aromatic rings. The standard InChI is InChI=1S/C18H15F3N4O/c19-18(20,21)15-7-14-16(23-9-24-17(14)25-15)22-8-11-3-1-2-10-6-12(26)4-5-13(10)11/h4-9,11,26H,1-3H2,(H,23,24,25)/b22-8+. The third-order valence-corrected chi connectivity index (χ3v) is 4.57. The fraction of sp³-hybridized carbons (Fsp3) is 0.278. The zero-order valence-electron chi connectivity index (χ0n) is 13.6. The lowest BCUT2D eigenvalue weighted by atomic mass is 9.83. The van der Waals surface area contributed by atoms with Gasteiger partial charge in [-0.3, -0.25) is 0 Å². The minimum Gasteiger partial charge on any atom is -0.508 e. The molecule has 0 radical (unpaired) electrons. The molecule has 1 aromatic carbocycles. The first kappa shape index (κ1) is 16.6. The number of benzene rings is 1. The van der Waals surface area contributed by atoms with Gasteiger partial charge < -0.3 is 10.1 Å². The lowest BCUT2D eigenvalue weighted by molar-refractivity contribution is -0.140. The SMILES string of the molecule is Oc1ccc2c(c1)CCCC2/C=N/c1ncnc2[nH]c(C(F)(F)F)cc12. The van der Waals surface area contributed by atoms with Crippen molar-refractivity contribution >= 4 is 23.1 Å². The summed E-state index contributed by atoms with van der Waals surface area (Å²) in [5.74, 6) is 0.462. The van der Waals surface area contributed by atoms with Crippen molar-refractivity contribution in [1.82, 2.24) is 15.0 Å². The maximum absolute atomic E-state index is 12.9. The monoisotopic (exact) mass is 360 g/mol. The number of phenols is 1. The van der Waals surface area contributed by atoms with Crippen LogP contribution in [-0.2, 0) is 12.6 Å². The van der Waals surface area contributed by atoms with Crippen LogP contribution in [-0.4, -0.2) is 26.3 Å². The predicted octanol–water partition coefficient (Wildman–Crippen LogP) is 4.50. The molecule has 0 aliphatic heterocycles. The highest BCUT2D eigenvalue weighted by Gasteiger charge is 2.33. The molecule has 1 aliphatic rings. The molecule has 0 saturated heterocycles. The van der Waals surface area contributed by atoms with Gasteiger partial charge in [0.05, 0.1) is 5.39 Å². The molecule has 2 N–H and O–H groups in total. The van der Waals surface area contributed by atoms with Crippen LogP contribution in [0.4, 0.5) is 19.0 Å². The average molecular weight is 360 g/mol. The first-order valence-corrected chi connectivity index (χ1v) is 8.19. The van der Waals surface area contributed by atoms with Gasteiger partial charge in [-0.2, -0.15) is 13.2 Å². The van der Waals surface area contributed by atoms with E-state index >= 15 is 0 Å². The Kier molecular flexibility index (Phi) is 3.90. The highest BCUT2D eigenvalue weighted by Crippen LogP contribution is 2.35. The van der Waals surface area contributed by atoms with Crippen molar-refractivity contribution in [3.8, 4) is 5.75 Å². The zero-order valence-corrected chi connectivity index (χ0v) is 13.6. The maximum atomic E-state index is 12.9. The predicted molar refractivity (Wildman–Crippen MR) is 90.8 cm³/mol. The summed E-state index contributed by atoms with van der Waals surface area (Å²) in [6.45, 7) is 0. The Morgan fingerprint density at radius 1 is 1.23 bits per heavy atom. The first-order valence-electron chi connectivity index (χ1n) is 8.19. The number of rotatable bonds is 2. The molecule has 134 valence electrons. The van der Waals surface area contributed by atoms with Crippen molar-refractivity contribution < 1.29 is 18.3 Å². The number of hydrogen-bond acceptors (Lipinski definition) is 4. The summed E-state index contributed by atoms with van der Waals surface area (Å²) in [7, 11) is 0. The summed E-state index contributed by atoms with van der Waals surface area (Å²) in [6, 6.07) is 6.23. The quantitative estimate of drug-likeness (QED) is 0.661. The number of phenolic OH excluding ortho intramolecular Hbond substituents is 1. The largest absolute Gasteiger partial charge is 0.508 e. The topological polar surface area (TPSA) is 74.2 Å². The number of H-pyrrole nitrogens is 1. The van der Waals surface area contributed by atoms with Crippen LogP contribution in [0, 0.1) is 0 Å². The van der Waals surface area contributed by atoms with Gasteiger partial charge in [0.15, 0.2) is 5.82 Å². The number of fused-ring (bicyclic) bond motifs is 2. The zero-order chi connectivity index (χ0) is 18.3. The third kappa shape index (κ3) is 3.02. The molecule has 2 aromatic heterocycles. The number of aromatic amines is 1. The van der Waals surface area contributed by atoms with E-state index in [1.165, 1.54) is 6.33 Å². The van der Waals surface area contributed by atoms with Gasteiger partial charge in [-0.05, 0) is 48.6 Å². The van der Waals surface area contributed by atoms with Crippen LogP contribution < -0.4 is 0 Å². The van der Waals surface area contributed by atoms with Crippen LogP contribution in [0.5, 0.6) is 5.75 Å². The molecule has 0 amide bonds. The highest BCUT2D eigenvalue weighted by molar-refractivity contribution is 5.88. The molecule has 2 heterocycles. The molecule has 5 nitrogen and oxygen atoms in total. The van der Waals surface area contributed by atoms with E-state index < -0.39 is 11.9 Å². The van der Waals surface area contributed by atoms with Crippen molar-refractivity contribution in [3.05, 3.63) is 47.4 Å². The summed E-state index contributed by atoms with van der Waals surface area (Å²) in [5.41, 5.74) is 1.38. The second kappa shape index (κ2) is 6.12. The van der Waals surface area contributed by atoms with Gasteiger partial charge in [0.25, 0.3) is 0 Å². The average Bonchev–Trinajstić information content (AvgIpc) is 3.04.